The molecule has 0 spiro atoms. The molecule has 0 fully saturated rings. The van der Waals surface area contributed by atoms with Crippen LogP contribution >= 0.6 is 0 Å². The van der Waals surface area contributed by atoms with Gasteiger partial charge in [0.2, 0.25) is 0 Å². The third-order valence-corrected chi connectivity index (χ3v) is 2.82. The van der Waals surface area contributed by atoms with E-state index in [0.29, 0.717) is 0 Å². The maximum atomic E-state index is 12.2. The molecule has 0 radical (unpaired) electrons. The van der Waals surface area contributed by atoms with Crippen molar-refractivity contribution in [3.05, 3.63) is 76.9 Å². The molecule has 0 aliphatic heterocycles. The summed E-state index contributed by atoms with van der Waals surface area (Å²) in [7, 11) is 0. The largest absolute Gasteiger partial charge is 0.289 e. The summed E-state index contributed by atoms with van der Waals surface area (Å²) in [4.78, 5) is 12.2. The summed E-state index contributed by atoms with van der Waals surface area (Å²) in [5.41, 5.74) is 3.66. The van der Waals surface area contributed by atoms with Crippen LogP contribution in [0.3, 0.4) is 0 Å². The van der Waals surface area contributed by atoms with E-state index < -0.39 is 0 Å². The molecule has 0 aliphatic carbocycles. The molecule has 0 saturated carbocycles. The Morgan fingerprint density at radius 3 is 2.39 bits per heavy atom. The number of carbonyl (C=O) groups is 1. The lowest BCUT2D eigenvalue weighted by molar-refractivity contribution is 0.103. The molecule has 0 amide bonds. The molecule has 90 valence electrons. The molecule has 0 atom stereocenters. The highest BCUT2D eigenvalue weighted by Gasteiger charge is 2.07. The van der Waals surface area contributed by atoms with Gasteiger partial charge in [0, 0.05) is 5.56 Å². The van der Waals surface area contributed by atoms with Gasteiger partial charge < -0.3 is 0 Å². The van der Waals surface area contributed by atoms with Crippen LogP contribution in [0.25, 0.3) is 6.08 Å². The van der Waals surface area contributed by atoms with Crippen LogP contribution in [0.5, 0.6) is 0 Å². The summed E-state index contributed by atoms with van der Waals surface area (Å²) in [6, 6.07) is 17.6. The van der Waals surface area contributed by atoms with Gasteiger partial charge in [-0.15, -0.1) is 0 Å². The normalized spacial score (nSPS) is 11.3. The highest BCUT2D eigenvalue weighted by Crippen LogP contribution is 2.13. The van der Waals surface area contributed by atoms with Crippen LogP contribution in [0, 0.1) is 6.92 Å². The first-order chi connectivity index (χ1) is 8.66. The predicted molar refractivity (Wildman–Crippen MR) is 75.6 cm³/mol. The van der Waals surface area contributed by atoms with Crippen LogP contribution < -0.4 is 0 Å². The summed E-state index contributed by atoms with van der Waals surface area (Å²) in [5.74, 6) is 0.0857. The summed E-state index contributed by atoms with van der Waals surface area (Å²) in [5, 5.41) is 0. The van der Waals surface area contributed by atoms with Gasteiger partial charge >= 0.3 is 0 Å². The Morgan fingerprint density at radius 1 is 1.00 bits per heavy atom. The zero-order valence-electron chi connectivity index (χ0n) is 10.7. The molecule has 0 aliphatic rings. The molecule has 2 aromatic carbocycles. The fraction of sp³-hybridized carbons (Fsp3) is 0.118. The van der Waals surface area contributed by atoms with E-state index in [4.69, 9.17) is 0 Å². The van der Waals surface area contributed by atoms with E-state index in [1.54, 1.807) is 0 Å². The van der Waals surface area contributed by atoms with Crippen molar-refractivity contribution in [2.75, 3.05) is 0 Å². The van der Waals surface area contributed by atoms with Crippen LogP contribution in [0.15, 0.2) is 60.2 Å². The number of hydrogen-bond donors (Lipinski definition) is 0. The first-order valence-corrected chi connectivity index (χ1v) is 6.01. The third-order valence-electron chi connectivity index (χ3n) is 2.82. The zero-order valence-corrected chi connectivity index (χ0v) is 10.7. The van der Waals surface area contributed by atoms with Crippen molar-refractivity contribution < 1.29 is 4.79 Å². The maximum Gasteiger partial charge on any atom is 0.188 e. The van der Waals surface area contributed by atoms with Crippen LogP contribution in [0.1, 0.15) is 28.4 Å². The molecule has 1 heteroatoms. The predicted octanol–water partition coefficient (Wildman–Crippen LogP) is 4.28. The van der Waals surface area contributed by atoms with Crippen molar-refractivity contribution >= 4 is 11.9 Å². The third kappa shape index (κ3) is 2.95. The van der Waals surface area contributed by atoms with E-state index in [9.17, 15) is 4.79 Å². The first kappa shape index (κ1) is 12.3. The van der Waals surface area contributed by atoms with Gasteiger partial charge in [-0.05, 0) is 37.1 Å². The smallest absolute Gasteiger partial charge is 0.188 e. The maximum absolute atomic E-state index is 12.2. The second-order valence-corrected chi connectivity index (χ2v) is 4.44. The van der Waals surface area contributed by atoms with E-state index in [0.717, 1.165) is 22.3 Å². The second-order valence-electron chi connectivity index (χ2n) is 4.44. The number of aryl methyl sites for hydroxylation is 1. The molecule has 0 unspecified atom stereocenters. The lowest BCUT2D eigenvalue weighted by Gasteiger charge is -2.02. The molecule has 2 aromatic rings. The number of rotatable bonds is 3. The van der Waals surface area contributed by atoms with Crippen molar-refractivity contribution in [2.45, 2.75) is 13.8 Å². The van der Waals surface area contributed by atoms with Gasteiger partial charge in [0.25, 0.3) is 0 Å². The molecule has 0 bridgehead atoms. The number of carbonyl (C=O) groups excluding carboxylic acids is 1. The Hall–Kier alpha value is -2.15. The summed E-state index contributed by atoms with van der Waals surface area (Å²) in [6.45, 7) is 3.85. The molecule has 0 saturated heterocycles. The average Bonchev–Trinajstić information content (AvgIpc) is 2.39. The molecular formula is C17H16O. The van der Waals surface area contributed by atoms with Crippen molar-refractivity contribution in [1.82, 2.24) is 0 Å². The molecule has 0 N–H and O–H groups in total. The second kappa shape index (κ2) is 5.46. The van der Waals surface area contributed by atoms with Crippen LogP contribution in [-0.2, 0) is 0 Å². The zero-order chi connectivity index (χ0) is 13.0. The molecule has 18 heavy (non-hydrogen) atoms. The van der Waals surface area contributed by atoms with Gasteiger partial charge in [0.05, 0.1) is 0 Å². The molecule has 0 aromatic heterocycles. The number of ketones is 1. The van der Waals surface area contributed by atoms with Crippen LogP contribution in [0.4, 0.5) is 0 Å². The Morgan fingerprint density at radius 2 is 1.72 bits per heavy atom. The lowest BCUT2D eigenvalue weighted by Crippen LogP contribution is -2.00. The first-order valence-electron chi connectivity index (χ1n) is 6.01. The minimum Gasteiger partial charge on any atom is -0.289 e. The van der Waals surface area contributed by atoms with Crippen molar-refractivity contribution in [2.24, 2.45) is 0 Å². The standard InChI is InChI=1S/C17H16O/c1-13-7-6-10-16(11-13)17(18)14(2)12-15-8-4-3-5-9-15/h3-12H,1-2H3/b14-12+. The van der Waals surface area contributed by atoms with Crippen molar-refractivity contribution in [1.29, 1.82) is 0 Å². The Bertz CT molecular complexity index is 580. The van der Waals surface area contributed by atoms with Gasteiger partial charge in [0.1, 0.15) is 0 Å². The topological polar surface area (TPSA) is 17.1 Å². The van der Waals surface area contributed by atoms with Crippen LogP contribution in [-0.4, -0.2) is 5.78 Å². The minimum absolute atomic E-state index is 0.0857. The van der Waals surface area contributed by atoms with Gasteiger partial charge in [-0.1, -0.05) is 54.1 Å². The monoisotopic (exact) mass is 236 g/mol. The molecule has 0 heterocycles. The number of Topliss-reactive ketones (excluding diaryl/α,β-unsaturated/α-hetero) is 1. The minimum atomic E-state index is 0.0857. The Labute approximate surface area is 108 Å². The van der Waals surface area contributed by atoms with E-state index in [2.05, 4.69) is 0 Å². The number of allylic oxidation sites excluding steroid dienone is 1. The highest BCUT2D eigenvalue weighted by atomic mass is 16.1. The van der Waals surface area contributed by atoms with Crippen LogP contribution in [0.2, 0.25) is 0 Å². The van der Waals surface area contributed by atoms with Gasteiger partial charge in [0.15, 0.2) is 5.78 Å². The summed E-state index contributed by atoms with van der Waals surface area (Å²) < 4.78 is 0. The average molecular weight is 236 g/mol. The SMILES string of the molecule is C/C(=C\c1ccccc1)C(=O)c1cccc(C)c1. The number of benzene rings is 2. The van der Waals surface area contributed by atoms with Gasteiger partial charge in [-0.2, -0.15) is 0 Å². The van der Waals surface area contributed by atoms with E-state index in [1.165, 1.54) is 0 Å². The van der Waals surface area contributed by atoms with E-state index in [-0.39, 0.29) is 5.78 Å². The van der Waals surface area contributed by atoms with Gasteiger partial charge in [-0.3, -0.25) is 4.79 Å². The Kier molecular flexibility index (Phi) is 3.73. The molecular weight excluding hydrogens is 220 g/mol. The summed E-state index contributed by atoms with van der Waals surface area (Å²) >= 11 is 0. The molecule has 2 rings (SSSR count). The fourth-order valence-corrected chi connectivity index (χ4v) is 1.88. The van der Waals surface area contributed by atoms with E-state index >= 15 is 0 Å². The molecule has 1 nitrogen and oxygen atoms in total. The van der Waals surface area contributed by atoms with E-state index in [1.807, 2.05) is 74.5 Å². The Balaban J connectivity index is 2.27. The number of hydrogen-bond acceptors (Lipinski definition) is 1. The lowest BCUT2D eigenvalue weighted by atomic mass is 10.0. The van der Waals surface area contributed by atoms with Gasteiger partial charge in [-0.25, -0.2) is 0 Å². The van der Waals surface area contributed by atoms with Crippen molar-refractivity contribution in [3.8, 4) is 0 Å². The quantitative estimate of drug-likeness (QED) is 0.574. The van der Waals surface area contributed by atoms with Crippen molar-refractivity contribution in [3.63, 3.8) is 0 Å². The summed E-state index contributed by atoms with van der Waals surface area (Å²) in [6.07, 6.45) is 1.92. The fourth-order valence-electron chi connectivity index (χ4n) is 1.88. The highest BCUT2D eigenvalue weighted by molar-refractivity contribution is 6.10.